The monoisotopic (exact) mass is 396 g/mol. The fourth-order valence-corrected chi connectivity index (χ4v) is 4.62. The maximum absolute atomic E-state index is 12.6. The normalized spacial score (nSPS) is 26.9. The number of rotatable bonds is 4. The van der Waals surface area contributed by atoms with Gasteiger partial charge >= 0.3 is 6.18 Å². The van der Waals surface area contributed by atoms with E-state index in [4.69, 9.17) is 0 Å². The Kier molecular flexibility index (Phi) is 5.35. The average molecular weight is 396 g/mol. The predicted molar refractivity (Wildman–Crippen MR) is 98.4 cm³/mol. The van der Waals surface area contributed by atoms with Crippen molar-refractivity contribution < 1.29 is 18.0 Å². The Bertz CT molecular complexity index is 688. The molecular formula is C20H27F3N4O. The molecule has 28 heavy (non-hydrogen) atoms. The largest absolute Gasteiger partial charge is 0.433 e. The highest BCUT2D eigenvalue weighted by atomic mass is 19.4. The van der Waals surface area contributed by atoms with Crippen molar-refractivity contribution in [1.82, 2.24) is 19.7 Å². The fraction of sp³-hybridized carbons (Fsp3) is 0.700. The van der Waals surface area contributed by atoms with Gasteiger partial charge in [0.2, 0.25) is 5.91 Å². The molecule has 8 heteroatoms. The quantitative estimate of drug-likeness (QED) is 0.785. The second-order valence-electron chi connectivity index (χ2n) is 8.52. The number of nitrogens with zero attached hydrogens (tertiary/aromatic N) is 4. The number of carbonyl (C=O) groups excluding carboxylic acids is 1. The minimum atomic E-state index is -4.40. The van der Waals surface area contributed by atoms with Crippen LogP contribution < -0.4 is 0 Å². The third-order valence-corrected chi connectivity index (χ3v) is 6.40. The van der Waals surface area contributed by atoms with Crippen molar-refractivity contribution in [2.45, 2.75) is 51.0 Å². The molecule has 1 amide bonds. The Morgan fingerprint density at radius 3 is 2.43 bits per heavy atom. The van der Waals surface area contributed by atoms with Gasteiger partial charge in [0.05, 0.1) is 6.54 Å². The van der Waals surface area contributed by atoms with E-state index >= 15 is 0 Å². The number of alkyl halides is 3. The summed E-state index contributed by atoms with van der Waals surface area (Å²) in [4.78, 5) is 22.7. The summed E-state index contributed by atoms with van der Waals surface area (Å²) in [6.07, 6.45) is 0.208. The van der Waals surface area contributed by atoms with Crippen LogP contribution in [-0.2, 0) is 17.5 Å². The predicted octanol–water partition coefficient (Wildman–Crippen LogP) is 2.62. The first kappa shape index (κ1) is 19.6. The lowest BCUT2D eigenvalue weighted by atomic mass is 9.87. The van der Waals surface area contributed by atoms with E-state index in [-0.39, 0.29) is 5.91 Å². The molecule has 154 valence electrons. The van der Waals surface area contributed by atoms with Crippen LogP contribution in [0.5, 0.6) is 0 Å². The van der Waals surface area contributed by atoms with Crippen LogP contribution in [0.15, 0.2) is 18.3 Å². The number of carbonyl (C=O) groups is 1. The summed E-state index contributed by atoms with van der Waals surface area (Å²) in [6, 6.07) is 3.29. The van der Waals surface area contributed by atoms with Gasteiger partial charge in [0.15, 0.2) is 0 Å². The first-order valence-corrected chi connectivity index (χ1v) is 10.1. The molecule has 4 saturated heterocycles. The zero-order valence-corrected chi connectivity index (χ0v) is 16.2. The molecule has 0 saturated carbocycles. The number of hydrogen-bond acceptors (Lipinski definition) is 4. The van der Waals surface area contributed by atoms with Gasteiger partial charge in [0, 0.05) is 51.0 Å². The van der Waals surface area contributed by atoms with Crippen LogP contribution in [-0.4, -0.2) is 70.4 Å². The van der Waals surface area contributed by atoms with Gasteiger partial charge in [-0.25, -0.2) is 0 Å². The highest BCUT2D eigenvalue weighted by molar-refractivity contribution is 5.78. The van der Waals surface area contributed by atoms with Gasteiger partial charge in [-0.3, -0.25) is 19.6 Å². The molecule has 2 unspecified atom stereocenters. The van der Waals surface area contributed by atoms with E-state index in [2.05, 4.69) is 21.7 Å². The number of aromatic nitrogens is 1. The van der Waals surface area contributed by atoms with Gasteiger partial charge in [-0.1, -0.05) is 13.0 Å². The number of hydrogen-bond donors (Lipinski definition) is 0. The highest BCUT2D eigenvalue weighted by Crippen LogP contribution is 2.33. The minimum absolute atomic E-state index is 0.238. The molecule has 1 aromatic rings. The van der Waals surface area contributed by atoms with E-state index in [1.807, 2.05) is 4.90 Å². The second kappa shape index (κ2) is 7.63. The highest BCUT2D eigenvalue weighted by Gasteiger charge is 2.45. The van der Waals surface area contributed by atoms with Crippen molar-refractivity contribution >= 4 is 5.91 Å². The zero-order valence-electron chi connectivity index (χ0n) is 16.2. The van der Waals surface area contributed by atoms with Gasteiger partial charge in [0.1, 0.15) is 5.69 Å². The lowest BCUT2D eigenvalue weighted by Gasteiger charge is -2.56. The lowest BCUT2D eigenvalue weighted by Crippen LogP contribution is -2.69. The molecule has 2 bridgehead atoms. The third kappa shape index (κ3) is 4.17. The summed E-state index contributed by atoms with van der Waals surface area (Å²) in [5.41, 5.74) is -0.0612. The molecule has 0 aromatic carbocycles. The van der Waals surface area contributed by atoms with Crippen molar-refractivity contribution in [3.63, 3.8) is 0 Å². The summed E-state index contributed by atoms with van der Waals surface area (Å²) in [5.74, 6) is 0.947. The number of likely N-dealkylation sites (tertiary alicyclic amines) is 1. The number of fused-ring (bicyclic) bond motifs is 2. The summed E-state index contributed by atoms with van der Waals surface area (Å²) in [6.45, 7) is 6.78. The van der Waals surface area contributed by atoms with Crippen molar-refractivity contribution in [2.24, 2.45) is 5.92 Å². The Morgan fingerprint density at radius 1 is 1.18 bits per heavy atom. The van der Waals surface area contributed by atoms with Crippen molar-refractivity contribution in [2.75, 3.05) is 32.7 Å². The molecule has 2 atom stereocenters. The Hall–Kier alpha value is -1.67. The van der Waals surface area contributed by atoms with E-state index in [9.17, 15) is 18.0 Å². The van der Waals surface area contributed by atoms with E-state index in [1.165, 1.54) is 12.3 Å². The second-order valence-corrected chi connectivity index (χ2v) is 8.52. The van der Waals surface area contributed by atoms with E-state index < -0.39 is 11.9 Å². The van der Waals surface area contributed by atoms with Crippen molar-refractivity contribution in [3.05, 3.63) is 29.6 Å². The average Bonchev–Trinajstić information content (AvgIpc) is 2.66. The van der Waals surface area contributed by atoms with Crippen LogP contribution in [0.1, 0.15) is 37.4 Å². The first-order valence-electron chi connectivity index (χ1n) is 10.1. The molecule has 0 spiro atoms. The molecule has 4 aliphatic heterocycles. The van der Waals surface area contributed by atoms with Crippen LogP contribution in [0.4, 0.5) is 13.2 Å². The number of pyridine rings is 1. The van der Waals surface area contributed by atoms with Gasteiger partial charge in [-0.15, -0.1) is 0 Å². The fourth-order valence-electron chi connectivity index (χ4n) is 4.62. The molecule has 1 aromatic heterocycles. The summed E-state index contributed by atoms with van der Waals surface area (Å²) in [5, 5.41) is 0. The summed E-state index contributed by atoms with van der Waals surface area (Å²) >= 11 is 0. The van der Waals surface area contributed by atoms with Crippen LogP contribution in [0.2, 0.25) is 0 Å². The molecule has 0 N–H and O–H groups in total. The minimum Gasteiger partial charge on any atom is -0.342 e. The number of piperazine rings is 1. The van der Waals surface area contributed by atoms with Crippen LogP contribution in [0.3, 0.4) is 0 Å². The van der Waals surface area contributed by atoms with Gasteiger partial charge < -0.3 is 4.90 Å². The van der Waals surface area contributed by atoms with Crippen LogP contribution in [0, 0.1) is 5.92 Å². The zero-order chi connectivity index (χ0) is 19.9. The molecule has 4 aliphatic rings. The van der Waals surface area contributed by atoms with Crippen molar-refractivity contribution in [3.8, 4) is 0 Å². The Labute approximate surface area is 163 Å². The Morgan fingerprint density at radius 2 is 1.86 bits per heavy atom. The van der Waals surface area contributed by atoms with Crippen molar-refractivity contribution in [1.29, 1.82) is 0 Å². The van der Waals surface area contributed by atoms with Gasteiger partial charge in [0.25, 0.3) is 0 Å². The maximum atomic E-state index is 12.6. The van der Waals surface area contributed by atoms with Gasteiger partial charge in [-0.2, -0.15) is 13.2 Å². The first-order chi connectivity index (χ1) is 13.3. The van der Waals surface area contributed by atoms with Crippen LogP contribution in [0.25, 0.3) is 0 Å². The van der Waals surface area contributed by atoms with E-state index in [1.54, 1.807) is 0 Å². The smallest absolute Gasteiger partial charge is 0.342 e. The van der Waals surface area contributed by atoms with E-state index in [0.29, 0.717) is 31.1 Å². The number of piperidine rings is 2. The molecule has 5 nitrogen and oxygen atoms in total. The molecular weight excluding hydrogens is 369 g/mol. The summed E-state index contributed by atoms with van der Waals surface area (Å²) in [7, 11) is 0. The number of halogens is 3. The SMILES string of the molecule is CC1CCN(C(=O)CN2C3CC2CN(Cc2ccc(C(F)(F)F)nc2)C3)CC1. The standard InChI is InChI=1S/C20H27F3N4O/c1-14-4-6-26(7-5-14)19(28)13-27-16-8-17(27)12-25(11-16)10-15-2-3-18(24-9-15)20(21,22)23/h2-3,9,14,16-17H,4-8,10-13H2,1H3. The van der Waals surface area contributed by atoms with E-state index in [0.717, 1.165) is 57.1 Å². The number of amides is 1. The van der Waals surface area contributed by atoms with Gasteiger partial charge in [-0.05, 0) is 36.8 Å². The van der Waals surface area contributed by atoms with Crippen LogP contribution >= 0.6 is 0 Å². The topological polar surface area (TPSA) is 39.7 Å². The summed E-state index contributed by atoms with van der Waals surface area (Å²) < 4.78 is 37.9. The third-order valence-electron chi connectivity index (χ3n) is 6.40. The molecule has 4 fully saturated rings. The lowest BCUT2D eigenvalue weighted by molar-refractivity contribution is -0.143. The molecule has 0 radical (unpaired) electrons. The Balaban J connectivity index is 1.27. The molecule has 5 heterocycles. The molecule has 0 aliphatic carbocycles. The maximum Gasteiger partial charge on any atom is 0.433 e. The molecule has 5 rings (SSSR count).